The van der Waals surface area contributed by atoms with Crippen LogP contribution in [0.4, 0.5) is 0 Å². The lowest BCUT2D eigenvalue weighted by Gasteiger charge is -2.25. The highest BCUT2D eigenvalue weighted by molar-refractivity contribution is 7.47. The van der Waals surface area contributed by atoms with E-state index >= 15 is 0 Å². The van der Waals surface area contributed by atoms with Gasteiger partial charge >= 0.3 is 7.82 Å². The maximum Gasteiger partial charge on any atom is 0.472 e. The van der Waals surface area contributed by atoms with E-state index in [1.165, 1.54) is 128 Å². The van der Waals surface area contributed by atoms with Crippen molar-refractivity contribution in [2.45, 2.75) is 244 Å². The van der Waals surface area contributed by atoms with Gasteiger partial charge in [0.05, 0.1) is 39.9 Å². The normalized spacial score (nSPS) is 14.6. The predicted octanol–water partition coefficient (Wildman–Crippen LogP) is 16.9. The van der Waals surface area contributed by atoms with E-state index in [0.717, 1.165) is 83.5 Å². The Morgan fingerprint density at radius 2 is 0.882 bits per heavy atom. The molecule has 68 heavy (non-hydrogen) atoms. The fourth-order valence-corrected chi connectivity index (χ4v) is 8.49. The van der Waals surface area contributed by atoms with E-state index < -0.39 is 20.0 Å². The van der Waals surface area contributed by atoms with Crippen LogP contribution in [0.3, 0.4) is 0 Å². The smallest absolute Gasteiger partial charge is 0.387 e. The van der Waals surface area contributed by atoms with Crippen molar-refractivity contribution in [1.29, 1.82) is 0 Å². The zero-order valence-corrected chi connectivity index (χ0v) is 45.7. The maximum absolute atomic E-state index is 13.0. The van der Waals surface area contributed by atoms with Crippen molar-refractivity contribution in [3.63, 3.8) is 0 Å². The van der Waals surface area contributed by atoms with Crippen LogP contribution in [-0.4, -0.2) is 73.4 Å². The summed E-state index contributed by atoms with van der Waals surface area (Å²) in [5, 5.41) is 13.9. The van der Waals surface area contributed by atoms with Crippen molar-refractivity contribution >= 4 is 13.7 Å². The lowest BCUT2D eigenvalue weighted by molar-refractivity contribution is -0.870. The topological polar surface area (TPSA) is 105 Å². The largest absolute Gasteiger partial charge is 0.472 e. The van der Waals surface area contributed by atoms with Crippen LogP contribution in [-0.2, 0) is 18.4 Å². The average molecular weight is 972 g/mol. The van der Waals surface area contributed by atoms with Gasteiger partial charge < -0.3 is 19.8 Å². The van der Waals surface area contributed by atoms with Gasteiger partial charge in [0.25, 0.3) is 0 Å². The number of aliphatic hydroxyl groups is 1. The van der Waals surface area contributed by atoms with Gasteiger partial charge in [0.15, 0.2) is 0 Å². The number of aliphatic hydroxyl groups excluding tert-OH is 1. The van der Waals surface area contributed by atoms with Crippen molar-refractivity contribution in [3.8, 4) is 0 Å². The number of phosphoric acid groups is 1. The third-order valence-electron chi connectivity index (χ3n) is 12.1. The van der Waals surface area contributed by atoms with Crippen molar-refractivity contribution in [3.05, 3.63) is 85.1 Å². The number of rotatable bonds is 50. The minimum absolute atomic E-state index is 0.0573. The molecule has 1 amide bonds. The van der Waals surface area contributed by atoms with Crippen LogP contribution in [0.1, 0.15) is 232 Å². The second-order valence-electron chi connectivity index (χ2n) is 19.9. The minimum atomic E-state index is -4.35. The monoisotopic (exact) mass is 972 g/mol. The fraction of sp³-hybridized carbons (Fsp3) is 0.746. The molecule has 0 heterocycles. The van der Waals surface area contributed by atoms with Crippen molar-refractivity contribution in [2.24, 2.45) is 0 Å². The van der Waals surface area contributed by atoms with Crippen LogP contribution in [0.5, 0.6) is 0 Å². The zero-order valence-electron chi connectivity index (χ0n) is 44.8. The molecule has 3 unspecified atom stereocenters. The van der Waals surface area contributed by atoms with Gasteiger partial charge in [0.1, 0.15) is 13.2 Å². The van der Waals surface area contributed by atoms with Crippen LogP contribution in [0.25, 0.3) is 0 Å². The summed E-state index contributed by atoms with van der Waals surface area (Å²) in [5.74, 6) is -0.184. The third-order valence-corrected chi connectivity index (χ3v) is 13.1. The Labute approximate surface area is 420 Å². The van der Waals surface area contributed by atoms with Gasteiger partial charge in [-0.05, 0) is 70.6 Å². The van der Waals surface area contributed by atoms with Crippen LogP contribution < -0.4 is 5.32 Å². The van der Waals surface area contributed by atoms with Gasteiger partial charge in [-0.15, -0.1) is 0 Å². The molecule has 0 spiro atoms. The number of likely N-dealkylation sites (N-methyl/N-ethyl adjacent to an activating group) is 1. The van der Waals surface area contributed by atoms with E-state index in [2.05, 4.69) is 92.1 Å². The first-order valence-corrected chi connectivity index (χ1v) is 29.5. The Morgan fingerprint density at radius 1 is 0.515 bits per heavy atom. The summed E-state index contributed by atoms with van der Waals surface area (Å²) in [4.78, 5) is 23.3. The Bertz CT molecular complexity index is 1380. The molecule has 394 valence electrons. The molecular formula is C59H108N2O6P+. The number of carbonyl (C=O) groups is 1. The number of phosphoric ester groups is 1. The number of hydrogen-bond donors (Lipinski definition) is 3. The van der Waals surface area contributed by atoms with E-state index in [1.54, 1.807) is 6.08 Å². The summed E-state index contributed by atoms with van der Waals surface area (Å²) in [6, 6.07) is -0.854. The lowest BCUT2D eigenvalue weighted by atomic mass is 10.0. The Morgan fingerprint density at radius 3 is 1.29 bits per heavy atom. The molecular weight excluding hydrogens is 864 g/mol. The molecule has 9 heteroatoms. The highest BCUT2D eigenvalue weighted by Gasteiger charge is 2.27. The highest BCUT2D eigenvalue weighted by Crippen LogP contribution is 2.43. The molecule has 3 N–H and O–H groups in total. The molecule has 0 saturated heterocycles. The quantitative estimate of drug-likeness (QED) is 0.0243. The van der Waals surface area contributed by atoms with Crippen molar-refractivity contribution in [1.82, 2.24) is 5.32 Å². The standard InChI is InChI=1S/C59H107N2O6P/c1-6-8-10-12-14-16-18-20-22-24-25-26-27-28-29-30-31-32-33-34-35-37-39-41-43-45-47-49-51-53-59(63)60-57(56-67-68(64,65)66-55-54-61(3,4)5)58(62)52-50-48-46-44-42-40-38-36-23-21-19-17-15-13-11-9-7-2/h8,10,14,16,20,22,25-26,28-29,31-32,50,52,57-58,62H,6-7,9,11-13,15,17-19,21,23-24,27,30,33-49,51,53-56H2,1-5H3,(H-,60,63,64,65)/p+1/b10-8-,16-14-,22-20-,26-25-,29-28-,32-31-,52-50+. The minimum Gasteiger partial charge on any atom is -0.387 e. The van der Waals surface area contributed by atoms with Gasteiger partial charge in [0.2, 0.25) is 5.91 Å². The number of carbonyl (C=O) groups excluding carboxylic acids is 1. The van der Waals surface area contributed by atoms with Gasteiger partial charge in [-0.1, -0.05) is 240 Å². The number of hydrogen-bond acceptors (Lipinski definition) is 5. The third kappa shape index (κ3) is 51.5. The number of unbranched alkanes of at least 4 members (excludes halogenated alkanes) is 25. The number of nitrogens with zero attached hydrogens (tertiary/aromatic N) is 1. The summed E-state index contributed by atoms with van der Waals surface area (Å²) in [7, 11) is 1.56. The molecule has 0 saturated carbocycles. The Kier molecular flexibility index (Phi) is 48.0. The van der Waals surface area contributed by atoms with Gasteiger partial charge in [-0.3, -0.25) is 13.8 Å². The molecule has 3 atom stereocenters. The molecule has 0 aromatic heterocycles. The number of quaternary nitrogens is 1. The molecule has 0 aliphatic heterocycles. The Balaban J connectivity index is 4.23. The van der Waals surface area contributed by atoms with Crippen LogP contribution >= 0.6 is 7.82 Å². The predicted molar refractivity (Wildman–Crippen MR) is 295 cm³/mol. The van der Waals surface area contributed by atoms with Gasteiger partial charge in [-0.2, -0.15) is 0 Å². The van der Waals surface area contributed by atoms with E-state index in [0.29, 0.717) is 17.4 Å². The fourth-order valence-electron chi connectivity index (χ4n) is 7.75. The maximum atomic E-state index is 13.0. The molecule has 8 nitrogen and oxygen atoms in total. The molecule has 0 bridgehead atoms. The second-order valence-corrected chi connectivity index (χ2v) is 21.4. The highest BCUT2D eigenvalue weighted by atomic mass is 31.2. The SMILES string of the molecule is CC/C=C\C/C=C\C/C=C\C/C=C\C/C=C\C/C=C\CCCCCCCCCCCCC(=O)NC(COP(=O)(O)OCC[N+](C)(C)C)C(O)/C=C/CCCCCCCCCCCCCCCCC. The molecule has 0 radical (unpaired) electrons. The Hall–Kier alpha value is -2.32. The number of allylic oxidation sites excluding steroid dienone is 13. The van der Waals surface area contributed by atoms with E-state index in [1.807, 2.05) is 27.2 Å². The molecule has 0 aliphatic rings. The molecule has 0 rings (SSSR count). The second kappa shape index (κ2) is 49.7. The molecule has 0 aromatic carbocycles. The van der Waals surface area contributed by atoms with Gasteiger partial charge in [0, 0.05) is 6.42 Å². The summed E-state index contributed by atoms with van der Waals surface area (Å²) >= 11 is 0. The first-order chi connectivity index (χ1) is 33.0. The molecule has 0 fully saturated rings. The zero-order chi connectivity index (χ0) is 49.9. The summed E-state index contributed by atoms with van der Waals surface area (Å²) in [5.41, 5.74) is 0. The average Bonchev–Trinajstić information content (AvgIpc) is 3.30. The van der Waals surface area contributed by atoms with Crippen LogP contribution in [0.2, 0.25) is 0 Å². The summed E-state index contributed by atoms with van der Waals surface area (Å²) in [6.45, 7) is 4.70. The number of amides is 1. The van der Waals surface area contributed by atoms with Gasteiger partial charge in [-0.25, -0.2) is 4.57 Å². The first kappa shape index (κ1) is 65.7. The van der Waals surface area contributed by atoms with Crippen molar-refractivity contribution in [2.75, 3.05) is 40.9 Å². The summed E-state index contributed by atoms with van der Waals surface area (Å²) in [6.07, 6.45) is 69.5. The van der Waals surface area contributed by atoms with Crippen LogP contribution in [0.15, 0.2) is 85.1 Å². The number of nitrogens with one attached hydrogen (secondary N) is 1. The lowest BCUT2D eigenvalue weighted by Crippen LogP contribution is -2.45. The van der Waals surface area contributed by atoms with E-state index in [-0.39, 0.29) is 19.1 Å². The van der Waals surface area contributed by atoms with Crippen LogP contribution in [0, 0.1) is 0 Å². The molecule has 0 aromatic rings. The van der Waals surface area contributed by atoms with E-state index in [4.69, 9.17) is 9.05 Å². The van der Waals surface area contributed by atoms with Crippen molar-refractivity contribution < 1.29 is 32.9 Å². The molecule has 0 aliphatic carbocycles. The first-order valence-electron chi connectivity index (χ1n) is 28.0. The summed E-state index contributed by atoms with van der Waals surface area (Å²) < 4.78 is 23.7. The van der Waals surface area contributed by atoms with E-state index in [9.17, 15) is 19.4 Å².